The van der Waals surface area contributed by atoms with Gasteiger partial charge in [-0.2, -0.15) is 0 Å². The lowest BCUT2D eigenvalue weighted by molar-refractivity contribution is -0.103. The highest BCUT2D eigenvalue weighted by molar-refractivity contribution is 6.05. The molecule has 0 fully saturated rings. The van der Waals surface area contributed by atoms with Crippen LogP contribution in [-0.2, 0) is 4.79 Å². The average Bonchev–Trinajstić information content (AvgIpc) is 2.71. The van der Waals surface area contributed by atoms with Gasteiger partial charge in [-0.05, 0) is 25.0 Å². The number of hydrogen-bond donors (Lipinski definition) is 0. The van der Waals surface area contributed by atoms with Crippen LogP contribution >= 0.6 is 0 Å². The molecule has 1 aromatic heterocycles. The van der Waals surface area contributed by atoms with Gasteiger partial charge in [0.1, 0.15) is 5.76 Å². The summed E-state index contributed by atoms with van der Waals surface area (Å²) in [6, 6.07) is 3.60. The van der Waals surface area contributed by atoms with Gasteiger partial charge in [-0.1, -0.05) is 25.8 Å². The Morgan fingerprint density at radius 1 is 1.50 bits per heavy atom. The molecule has 2 nitrogen and oxygen atoms in total. The molecule has 0 aliphatic carbocycles. The molecule has 0 saturated carbocycles. The molecule has 1 aromatic rings. The maximum absolute atomic E-state index is 10.7. The van der Waals surface area contributed by atoms with Crippen molar-refractivity contribution in [3.8, 4) is 0 Å². The Kier molecular flexibility index (Phi) is 4.76. The Labute approximate surface area is 84.6 Å². The number of carbonyl (C=O) groups is 1. The molecule has 0 N–H and O–H groups in total. The van der Waals surface area contributed by atoms with Crippen LogP contribution in [0.4, 0.5) is 0 Å². The van der Waals surface area contributed by atoms with Crippen LogP contribution in [0.5, 0.6) is 0 Å². The minimum Gasteiger partial charge on any atom is -0.464 e. The largest absolute Gasteiger partial charge is 0.464 e. The van der Waals surface area contributed by atoms with Gasteiger partial charge < -0.3 is 4.42 Å². The lowest BCUT2D eigenvalue weighted by Crippen LogP contribution is -1.83. The maximum atomic E-state index is 10.7. The third-order valence-electron chi connectivity index (χ3n) is 2.10. The molecule has 0 bridgehead atoms. The summed E-state index contributed by atoms with van der Waals surface area (Å²) in [5, 5.41) is 0. The van der Waals surface area contributed by atoms with E-state index in [4.69, 9.17) is 4.42 Å². The summed E-state index contributed by atoms with van der Waals surface area (Å²) in [6.07, 6.45) is 8.87. The zero-order chi connectivity index (χ0) is 10.2. The fraction of sp³-hybridized carbons (Fsp3) is 0.417. The number of rotatable bonds is 6. The molecule has 0 atom stereocenters. The summed E-state index contributed by atoms with van der Waals surface area (Å²) in [7, 11) is 0. The number of allylic oxidation sites excluding steroid dienone is 2. The standard InChI is InChI=1S/C12H16O2/c1-2-3-4-5-7-11(10-13)12-8-6-9-14-12/h6-10H,2-5H2,1H3. The fourth-order valence-electron chi connectivity index (χ4n) is 1.30. The Hall–Kier alpha value is -1.31. The Morgan fingerprint density at radius 3 is 2.93 bits per heavy atom. The molecular weight excluding hydrogens is 176 g/mol. The van der Waals surface area contributed by atoms with Crippen molar-refractivity contribution in [2.75, 3.05) is 0 Å². The van der Waals surface area contributed by atoms with Crippen molar-refractivity contribution in [2.45, 2.75) is 32.6 Å². The van der Waals surface area contributed by atoms with Crippen LogP contribution in [0.1, 0.15) is 38.4 Å². The average molecular weight is 192 g/mol. The van der Waals surface area contributed by atoms with Crippen LogP contribution in [0.25, 0.3) is 5.57 Å². The van der Waals surface area contributed by atoms with Gasteiger partial charge in [0.05, 0.1) is 11.8 Å². The van der Waals surface area contributed by atoms with Crippen molar-refractivity contribution in [1.82, 2.24) is 0 Å². The number of aldehydes is 1. The summed E-state index contributed by atoms with van der Waals surface area (Å²) in [5.41, 5.74) is 0.658. The van der Waals surface area contributed by atoms with Crippen molar-refractivity contribution in [3.05, 3.63) is 30.2 Å². The normalized spacial score (nSPS) is 11.6. The Balaban J connectivity index is 2.50. The second-order valence-corrected chi connectivity index (χ2v) is 3.25. The Morgan fingerprint density at radius 2 is 2.36 bits per heavy atom. The van der Waals surface area contributed by atoms with E-state index < -0.39 is 0 Å². The smallest absolute Gasteiger partial charge is 0.153 e. The molecule has 0 aliphatic heterocycles. The summed E-state index contributed by atoms with van der Waals surface area (Å²) in [6.45, 7) is 2.16. The number of hydrogen-bond acceptors (Lipinski definition) is 2. The van der Waals surface area contributed by atoms with E-state index in [9.17, 15) is 4.79 Å². The molecular formula is C12H16O2. The summed E-state index contributed by atoms with van der Waals surface area (Å²) in [5.74, 6) is 0.663. The van der Waals surface area contributed by atoms with E-state index in [0.717, 1.165) is 19.1 Å². The van der Waals surface area contributed by atoms with Crippen LogP contribution in [0.3, 0.4) is 0 Å². The van der Waals surface area contributed by atoms with E-state index in [0.29, 0.717) is 11.3 Å². The molecule has 0 saturated heterocycles. The lowest BCUT2D eigenvalue weighted by Gasteiger charge is -1.95. The topological polar surface area (TPSA) is 30.2 Å². The van der Waals surface area contributed by atoms with E-state index in [1.54, 1.807) is 18.4 Å². The van der Waals surface area contributed by atoms with Crippen molar-refractivity contribution in [2.24, 2.45) is 0 Å². The van der Waals surface area contributed by atoms with Crippen molar-refractivity contribution >= 4 is 11.9 Å². The highest BCUT2D eigenvalue weighted by Crippen LogP contribution is 2.14. The molecule has 1 heterocycles. The van der Waals surface area contributed by atoms with Gasteiger partial charge in [0.2, 0.25) is 0 Å². The van der Waals surface area contributed by atoms with Crippen LogP contribution < -0.4 is 0 Å². The summed E-state index contributed by atoms with van der Waals surface area (Å²) >= 11 is 0. The van der Waals surface area contributed by atoms with Crippen molar-refractivity contribution < 1.29 is 9.21 Å². The SMILES string of the molecule is CCCCCC=C(C=O)c1ccco1. The fourth-order valence-corrected chi connectivity index (χ4v) is 1.30. The maximum Gasteiger partial charge on any atom is 0.153 e. The molecule has 0 unspecified atom stereocenters. The molecule has 14 heavy (non-hydrogen) atoms. The monoisotopic (exact) mass is 192 g/mol. The Bertz CT molecular complexity index is 283. The van der Waals surface area contributed by atoms with Gasteiger partial charge in [0.15, 0.2) is 6.29 Å². The third-order valence-corrected chi connectivity index (χ3v) is 2.10. The van der Waals surface area contributed by atoms with Gasteiger partial charge in [0, 0.05) is 0 Å². The van der Waals surface area contributed by atoms with E-state index >= 15 is 0 Å². The predicted molar refractivity (Wildman–Crippen MR) is 56.9 cm³/mol. The number of carbonyl (C=O) groups excluding carboxylic acids is 1. The molecule has 1 rings (SSSR count). The van der Waals surface area contributed by atoms with Crippen LogP contribution in [0.2, 0.25) is 0 Å². The quantitative estimate of drug-likeness (QED) is 0.392. The van der Waals surface area contributed by atoms with Gasteiger partial charge >= 0.3 is 0 Å². The summed E-state index contributed by atoms with van der Waals surface area (Å²) in [4.78, 5) is 10.7. The first kappa shape index (κ1) is 10.8. The summed E-state index contributed by atoms with van der Waals surface area (Å²) < 4.78 is 5.14. The van der Waals surface area contributed by atoms with Gasteiger partial charge in [-0.15, -0.1) is 0 Å². The highest BCUT2D eigenvalue weighted by atomic mass is 16.3. The molecule has 2 heteroatoms. The first-order valence-electron chi connectivity index (χ1n) is 5.07. The van der Waals surface area contributed by atoms with Crippen molar-refractivity contribution in [3.63, 3.8) is 0 Å². The van der Waals surface area contributed by atoms with E-state index in [2.05, 4.69) is 6.92 Å². The van der Waals surface area contributed by atoms with Gasteiger partial charge in [-0.25, -0.2) is 0 Å². The van der Waals surface area contributed by atoms with Crippen LogP contribution in [0, 0.1) is 0 Å². The minimum absolute atomic E-state index is 0.658. The molecule has 0 amide bonds. The van der Waals surface area contributed by atoms with Crippen molar-refractivity contribution in [1.29, 1.82) is 0 Å². The zero-order valence-electron chi connectivity index (χ0n) is 8.53. The van der Waals surface area contributed by atoms with E-state index in [-0.39, 0.29) is 0 Å². The first-order valence-corrected chi connectivity index (χ1v) is 5.07. The molecule has 0 radical (unpaired) electrons. The predicted octanol–water partition coefficient (Wildman–Crippen LogP) is 3.44. The second kappa shape index (κ2) is 6.19. The number of unbranched alkanes of at least 4 members (excludes halogenated alkanes) is 3. The minimum atomic E-state index is 0.658. The molecule has 0 aromatic carbocycles. The highest BCUT2D eigenvalue weighted by Gasteiger charge is 2.01. The van der Waals surface area contributed by atoms with Crippen LogP contribution in [0.15, 0.2) is 28.9 Å². The zero-order valence-corrected chi connectivity index (χ0v) is 8.53. The first-order chi connectivity index (χ1) is 6.88. The van der Waals surface area contributed by atoms with Crippen LogP contribution in [-0.4, -0.2) is 6.29 Å². The number of furan rings is 1. The molecule has 0 aliphatic rings. The van der Waals surface area contributed by atoms with E-state index in [1.807, 2.05) is 6.08 Å². The second-order valence-electron chi connectivity index (χ2n) is 3.25. The lowest BCUT2D eigenvalue weighted by atomic mass is 10.1. The van der Waals surface area contributed by atoms with Gasteiger partial charge in [0.25, 0.3) is 0 Å². The van der Waals surface area contributed by atoms with Gasteiger partial charge in [-0.3, -0.25) is 4.79 Å². The van der Waals surface area contributed by atoms with E-state index in [1.165, 1.54) is 12.8 Å². The molecule has 0 spiro atoms. The molecule has 76 valence electrons. The third kappa shape index (κ3) is 3.21.